The molecule has 1 fully saturated rings. The Bertz CT molecular complexity index is 887. The first-order valence-corrected chi connectivity index (χ1v) is 11.3. The predicted molar refractivity (Wildman–Crippen MR) is 127 cm³/mol. The van der Waals surface area contributed by atoms with Crippen LogP contribution >= 0.6 is 0 Å². The van der Waals surface area contributed by atoms with Gasteiger partial charge in [0.2, 0.25) is 11.7 Å². The molecule has 0 unspecified atom stereocenters. The average molecular weight is 459 g/mol. The summed E-state index contributed by atoms with van der Waals surface area (Å²) in [7, 11) is 4.64. The van der Waals surface area contributed by atoms with E-state index in [4.69, 9.17) is 23.7 Å². The first kappa shape index (κ1) is 24.5. The van der Waals surface area contributed by atoms with E-state index in [1.165, 1.54) is 0 Å². The number of carbonyl (C=O) groups excluding carboxylic acids is 1. The zero-order valence-corrected chi connectivity index (χ0v) is 19.9. The number of hydrogen-bond acceptors (Lipinski definition) is 7. The van der Waals surface area contributed by atoms with Gasteiger partial charge in [-0.05, 0) is 31.9 Å². The molecule has 1 saturated heterocycles. The molecule has 0 radical (unpaired) electrons. The van der Waals surface area contributed by atoms with E-state index in [0.29, 0.717) is 42.5 Å². The van der Waals surface area contributed by atoms with Gasteiger partial charge in [0.05, 0.1) is 27.9 Å². The lowest BCUT2D eigenvalue weighted by Crippen LogP contribution is -2.39. The topological polar surface area (TPSA) is 78.5 Å². The van der Waals surface area contributed by atoms with Crippen LogP contribution in [-0.4, -0.2) is 64.5 Å². The van der Waals surface area contributed by atoms with Gasteiger partial charge in [0, 0.05) is 43.9 Å². The van der Waals surface area contributed by atoms with Gasteiger partial charge in [0.1, 0.15) is 6.10 Å². The van der Waals surface area contributed by atoms with Crippen molar-refractivity contribution in [2.24, 2.45) is 0 Å². The molecule has 0 aromatic heterocycles. The molecule has 0 atom stereocenters. The van der Waals surface area contributed by atoms with Gasteiger partial charge in [-0.1, -0.05) is 12.1 Å². The third-order valence-electron chi connectivity index (χ3n) is 5.58. The zero-order valence-electron chi connectivity index (χ0n) is 19.9. The number of carbonyl (C=O) groups is 1. The number of methoxy groups -OCH3 is 3. The Balaban J connectivity index is 1.46. The summed E-state index contributed by atoms with van der Waals surface area (Å²) < 4.78 is 27.9. The number of hydrogen-bond donors (Lipinski definition) is 1. The van der Waals surface area contributed by atoms with Crippen molar-refractivity contribution in [3.8, 4) is 28.7 Å². The molecule has 3 rings (SSSR count). The van der Waals surface area contributed by atoms with Crippen LogP contribution < -0.4 is 29.0 Å². The van der Waals surface area contributed by atoms with Crippen LogP contribution in [0.5, 0.6) is 28.7 Å². The molecule has 0 aliphatic carbocycles. The van der Waals surface area contributed by atoms with Crippen LogP contribution in [0.2, 0.25) is 0 Å². The standard InChI is InChI=1S/C25H34N2O6/c1-5-32-20-8-6-7-9-21(20)33-19-10-13-27(14-11-19)15-12-24(28)26-18-16-22(29-2)25(31-4)23(17-18)30-3/h6-9,16-17,19H,5,10-15H2,1-4H3,(H,26,28). The maximum Gasteiger partial charge on any atom is 0.225 e. The number of ether oxygens (including phenoxy) is 5. The number of benzene rings is 2. The lowest BCUT2D eigenvalue weighted by Gasteiger charge is -2.32. The lowest BCUT2D eigenvalue weighted by atomic mass is 10.1. The number of nitrogens with one attached hydrogen (secondary N) is 1. The van der Waals surface area contributed by atoms with Crippen molar-refractivity contribution < 1.29 is 28.5 Å². The summed E-state index contributed by atoms with van der Waals surface area (Å²) in [5.74, 6) is 3.01. The highest BCUT2D eigenvalue weighted by molar-refractivity contribution is 5.91. The van der Waals surface area contributed by atoms with Crippen molar-refractivity contribution in [3.63, 3.8) is 0 Å². The largest absolute Gasteiger partial charge is 0.493 e. The van der Waals surface area contributed by atoms with Gasteiger partial charge in [-0.2, -0.15) is 0 Å². The van der Waals surface area contributed by atoms with Gasteiger partial charge in [-0.25, -0.2) is 0 Å². The molecule has 1 aliphatic heterocycles. The fourth-order valence-corrected chi connectivity index (χ4v) is 3.89. The molecule has 0 bridgehead atoms. The van der Waals surface area contributed by atoms with E-state index in [1.807, 2.05) is 31.2 Å². The van der Waals surface area contributed by atoms with Gasteiger partial charge in [0.25, 0.3) is 0 Å². The van der Waals surface area contributed by atoms with E-state index in [2.05, 4.69) is 10.2 Å². The maximum absolute atomic E-state index is 12.5. The maximum atomic E-state index is 12.5. The summed E-state index contributed by atoms with van der Waals surface area (Å²) in [5.41, 5.74) is 0.606. The van der Waals surface area contributed by atoms with E-state index >= 15 is 0 Å². The predicted octanol–water partition coefficient (Wildman–Crippen LogP) is 3.98. The average Bonchev–Trinajstić information content (AvgIpc) is 2.84. The third kappa shape index (κ3) is 6.68. The molecule has 1 N–H and O–H groups in total. The Hall–Kier alpha value is -3.13. The van der Waals surface area contributed by atoms with Crippen LogP contribution in [0.15, 0.2) is 36.4 Å². The summed E-state index contributed by atoms with van der Waals surface area (Å²) in [6.07, 6.45) is 2.37. The third-order valence-corrected chi connectivity index (χ3v) is 5.58. The summed E-state index contributed by atoms with van der Waals surface area (Å²) in [6, 6.07) is 11.2. The number of amides is 1. The van der Waals surface area contributed by atoms with Crippen LogP contribution in [0.25, 0.3) is 0 Å². The van der Waals surface area contributed by atoms with E-state index in [9.17, 15) is 4.79 Å². The quantitative estimate of drug-likeness (QED) is 0.546. The number of anilines is 1. The molecule has 180 valence electrons. The van der Waals surface area contributed by atoms with Crippen molar-refractivity contribution in [2.45, 2.75) is 32.3 Å². The van der Waals surface area contributed by atoms with Gasteiger partial charge in [-0.3, -0.25) is 4.79 Å². The fraction of sp³-hybridized carbons (Fsp3) is 0.480. The van der Waals surface area contributed by atoms with Crippen LogP contribution in [0, 0.1) is 0 Å². The monoisotopic (exact) mass is 458 g/mol. The molecule has 2 aromatic rings. The molecule has 0 saturated carbocycles. The van der Waals surface area contributed by atoms with Crippen LogP contribution in [0.3, 0.4) is 0 Å². The Kier molecular flexibility index (Phi) is 9.06. The molecular weight excluding hydrogens is 424 g/mol. The molecule has 8 nitrogen and oxygen atoms in total. The van der Waals surface area contributed by atoms with Gasteiger partial charge in [0.15, 0.2) is 23.0 Å². The molecule has 33 heavy (non-hydrogen) atoms. The van der Waals surface area contributed by atoms with Crippen LogP contribution in [0.4, 0.5) is 5.69 Å². The summed E-state index contributed by atoms with van der Waals surface area (Å²) in [4.78, 5) is 14.8. The van der Waals surface area contributed by atoms with E-state index in [0.717, 1.165) is 37.4 Å². The Labute approximate surface area is 195 Å². The second kappa shape index (κ2) is 12.2. The second-order valence-corrected chi connectivity index (χ2v) is 7.75. The number of para-hydroxylation sites is 2. The van der Waals surface area contributed by atoms with E-state index < -0.39 is 0 Å². The minimum absolute atomic E-state index is 0.0618. The number of nitrogens with zero attached hydrogens (tertiary/aromatic N) is 1. The van der Waals surface area contributed by atoms with E-state index in [-0.39, 0.29) is 12.0 Å². The highest BCUT2D eigenvalue weighted by Crippen LogP contribution is 2.40. The minimum atomic E-state index is -0.0618. The molecule has 1 amide bonds. The normalized spacial score (nSPS) is 14.4. The molecule has 1 heterocycles. The van der Waals surface area contributed by atoms with Gasteiger partial charge < -0.3 is 33.9 Å². The summed E-state index contributed by atoms with van der Waals surface area (Å²) in [5, 5.41) is 2.92. The SMILES string of the molecule is CCOc1ccccc1OC1CCN(CCC(=O)Nc2cc(OC)c(OC)c(OC)c2)CC1. The molecule has 8 heteroatoms. The molecule has 2 aromatic carbocycles. The van der Waals surface area contributed by atoms with Crippen molar-refractivity contribution in [1.29, 1.82) is 0 Å². The van der Waals surface area contributed by atoms with Crippen molar-refractivity contribution in [2.75, 3.05) is 52.9 Å². The lowest BCUT2D eigenvalue weighted by molar-refractivity contribution is -0.116. The molecular formula is C25H34N2O6. The van der Waals surface area contributed by atoms with E-state index in [1.54, 1.807) is 33.5 Å². The first-order valence-electron chi connectivity index (χ1n) is 11.3. The Morgan fingerprint density at radius 1 is 0.970 bits per heavy atom. The first-order chi connectivity index (χ1) is 16.1. The minimum Gasteiger partial charge on any atom is -0.493 e. The highest BCUT2D eigenvalue weighted by atomic mass is 16.5. The van der Waals surface area contributed by atoms with Crippen molar-refractivity contribution in [3.05, 3.63) is 36.4 Å². The summed E-state index contributed by atoms with van der Waals surface area (Å²) in [6.45, 7) is 5.04. The Morgan fingerprint density at radius 3 is 2.18 bits per heavy atom. The molecule has 0 spiro atoms. The second-order valence-electron chi connectivity index (χ2n) is 7.75. The number of rotatable bonds is 11. The van der Waals surface area contributed by atoms with Crippen LogP contribution in [0.1, 0.15) is 26.2 Å². The smallest absolute Gasteiger partial charge is 0.225 e. The number of piperidine rings is 1. The number of likely N-dealkylation sites (tertiary alicyclic amines) is 1. The molecule has 1 aliphatic rings. The van der Waals surface area contributed by atoms with Gasteiger partial charge >= 0.3 is 0 Å². The van der Waals surface area contributed by atoms with Gasteiger partial charge in [-0.15, -0.1) is 0 Å². The van der Waals surface area contributed by atoms with Crippen molar-refractivity contribution >= 4 is 11.6 Å². The highest BCUT2D eigenvalue weighted by Gasteiger charge is 2.22. The Morgan fingerprint density at radius 2 is 1.61 bits per heavy atom. The zero-order chi connectivity index (χ0) is 23.6. The fourth-order valence-electron chi connectivity index (χ4n) is 3.89. The van der Waals surface area contributed by atoms with Crippen molar-refractivity contribution in [1.82, 2.24) is 4.90 Å². The summed E-state index contributed by atoms with van der Waals surface area (Å²) >= 11 is 0. The van der Waals surface area contributed by atoms with Crippen LogP contribution in [-0.2, 0) is 4.79 Å².